The van der Waals surface area contributed by atoms with E-state index >= 15 is 0 Å². The maximum Gasteiger partial charge on any atom is 0.119 e. The predicted molar refractivity (Wildman–Crippen MR) is 73.2 cm³/mol. The van der Waals surface area contributed by atoms with E-state index < -0.39 is 0 Å². The molecular weight excluding hydrogens is 280 g/mol. The fourth-order valence-electron chi connectivity index (χ4n) is 2.18. The average molecular weight is 299 g/mol. The highest BCUT2D eigenvalue weighted by atomic mass is 79.9. The van der Waals surface area contributed by atoms with Crippen LogP contribution in [-0.2, 0) is 0 Å². The Morgan fingerprint density at radius 3 is 2.29 bits per heavy atom. The molecule has 17 heavy (non-hydrogen) atoms. The summed E-state index contributed by atoms with van der Waals surface area (Å²) in [6, 6.07) is 7.78. The molecule has 0 unspecified atom stereocenters. The van der Waals surface area contributed by atoms with Gasteiger partial charge in [0, 0.05) is 5.33 Å². The predicted octanol–water partition coefficient (Wildman–Crippen LogP) is 4.03. The van der Waals surface area contributed by atoms with Crippen LogP contribution in [0.3, 0.4) is 0 Å². The topological polar surface area (TPSA) is 18.5 Å². The molecule has 0 N–H and O–H groups in total. The minimum absolute atomic E-state index is 0.506. The van der Waals surface area contributed by atoms with Crippen molar-refractivity contribution in [1.29, 1.82) is 0 Å². The second-order valence-corrected chi connectivity index (χ2v) is 5.32. The van der Waals surface area contributed by atoms with Gasteiger partial charge in [-0.3, -0.25) is 0 Å². The Bertz CT molecular complexity index is 338. The number of halogens is 1. The second-order valence-electron chi connectivity index (χ2n) is 4.76. The smallest absolute Gasteiger partial charge is 0.119 e. The van der Waals surface area contributed by atoms with Crippen molar-refractivity contribution in [3.8, 4) is 11.5 Å². The van der Waals surface area contributed by atoms with Gasteiger partial charge in [0.1, 0.15) is 11.5 Å². The van der Waals surface area contributed by atoms with Crippen LogP contribution in [0.5, 0.6) is 11.5 Å². The molecule has 0 aliphatic heterocycles. The van der Waals surface area contributed by atoms with Crippen molar-refractivity contribution in [2.24, 2.45) is 5.41 Å². The molecule has 1 aliphatic carbocycles. The van der Waals surface area contributed by atoms with Gasteiger partial charge in [-0.15, -0.1) is 0 Å². The Morgan fingerprint density at radius 2 is 1.82 bits per heavy atom. The molecule has 0 saturated heterocycles. The molecular formula is C14H19BrO2. The number of alkyl halides is 1. The van der Waals surface area contributed by atoms with E-state index in [9.17, 15) is 0 Å². The monoisotopic (exact) mass is 298 g/mol. The molecule has 0 aromatic heterocycles. The highest BCUT2D eigenvalue weighted by Crippen LogP contribution is 2.45. The summed E-state index contributed by atoms with van der Waals surface area (Å²) in [6.45, 7) is 0.804. The van der Waals surface area contributed by atoms with Crippen LogP contribution >= 0.6 is 15.9 Å². The fraction of sp³-hybridized carbons (Fsp3) is 0.571. The maximum absolute atomic E-state index is 5.76. The van der Waals surface area contributed by atoms with E-state index in [4.69, 9.17) is 9.47 Å². The summed E-state index contributed by atoms with van der Waals surface area (Å²) < 4.78 is 10.9. The normalized spacial score (nSPS) is 17.3. The number of ether oxygens (including phenoxy) is 2. The number of rotatable bonds is 6. The summed E-state index contributed by atoms with van der Waals surface area (Å²) in [7, 11) is 1.67. The largest absolute Gasteiger partial charge is 0.497 e. The highest BCUT2D eigenvalue weighted by Gasteiger charge is 2.35. The Balaban J connectivity index is 1.77. The lowest BCUT2D eigenvalue weighted by molar-refractivity contribution is 0.123. The molecule has 0 spiro atoms. The van der Waals surface area contributed by atoms with Gasteiger partial charge < -0.3 is 9.47 Å². The lowest BCUT2D eigenvalue weighted by atomic mass is 9.68. The lowest BCUT2D eigenvalue weighted by Crippen LogP contribution is -2.32. The highest BCUT2D eigenvalue weighted by molar-refractivity contribution is 9.09. The molecule has 0 atom stereocenters. The number of hydrogen-bond donors (Lipinski definition) is 0. The zero-order valence-electron chi connectivity index (χ0n) is 10.2. The molecule has 0 heterocycles. The maximum atomic E-state index is 5.76. The minimum Gasteiger partial charge on any atom is -0.497 e. The van der Waals surface area contributed by atoms with Crippen LogP contribution in [0.15, 0.2) is 24.3 Å². The van der Waals surface area contributed by atoms with Crippen LogP contribution in [0, 0.1) is 5.41 Å². The summed E-state index contributed by atoms with van der Waals surface area (Å²) in [5.74, 6) is 1.79. The quantitative estimate of drug-likeness (QED) is 0.738. The molecule has 94 valence electrons. The summed E-state index contributed by atoms with van der Waals surface area (Å²) >= 11 is 3.62. The first-order valence-corrected chi connectivity index (χ1v) is 7.23. The zero-order valence-corrected chi connectivity index (χ0v) is 11.8. The molecule has 1 aromatic rings. The van der Waals surface area contributed by atoms with Gasteiger partial charge in [0.05, 0.1) is 13.7 Å². The molecule has 1 aliphatic rings. The van der Waals surface area contributed by atoms with E-state index in [1.807, 2.05) is 24.3 Å². The van der Waals surface area contributed by atoms with Crippen LogP contribution in [0.25, 0.3) is 0 Å². The van der Waals surface area contributed by atoms with Gasteiger partial charge in [-0.2, -0.15) is 0 Å². The Kier molecular flexibility index (Phi) is 4.32. The van der Waals surface area contributed by atoms with Crippen LogP contribution in [-0.4, -0.2) is 19.0 Å². The van der Waals surface area contributed by atoms with E-state index in [1.54, 1.807) is 7.11 Å². The van der Waals surface area contributed by atoms with Gasteiger partial charge in [0.2, 0.25) is 0 Å². The van der Waals surface area contributed by atoms with Gasteiger partial charge in [-0.05, 0) is 48.9 Å². The zero-order chi connectivity index (χ0) is 12.1. The van der Waals surface area contributed by atoms with E-state index in [2.05, 4.69) is 15.9 Å². The first-order chi connectivity index (χ1) is 8.28. The third-order valence-electron chi connectivity index (χ3n) is 3.66. The summed E-state index contributed by atoms with van der Waals surface area (Å²) in [5.41, 5.74) is 0.506. The van der Waals surface area contributed by atoms with Gasteiger partial charge in [-0.1, -0.05) is 22.4 Å². The summed E-state index contributed by atoms with van der Waals surface area (Å²) in [5, 5.41) is 1.10. The first kappa shape index (κ1) is 12.7. The fourth-order valence-corrected chi connectivity index (χ4v) is 3.03. The van der Waals surface area contributed by atoms with Crippen molar-refractivity contribution in [2.45, 2.75) is 25.7 Å². The Hall–Kier alpha value is -0.700. The third-order valence-corrected chi connectivity index (χ3v) is 4.85. The van der Waals surface area contributed by atoms with E-state index in [-0.39, 0.29) is 0 Å². The SMILES string of the molecule is COc1ccc(OCCC2(CBr)CCC2)cc1. The van der Waals surface area contributed by atoms with E-state index in [0.29, 0.717) is 5.41 Å². The van der Waals surface area contributed by atoms with Crippen LogP contribution in [0.4, 0.5) is 0 Å². The molecule has 1 aromatic carbocycles. The minimum atomic E-state index is 0.506. The summed E-state index contributed by atoms with van der Waals surface area (Å²) in [4.78, 5) is 0. The van der Waals surface area contributed by atoms with Crippen molar-refractivity contribution < 1.29 is 9.47 Å². The van der Waals surface area contributed by atoms with Gasteiger partial charge >= 0.3 is 0 Å². The molecule has 1 fully saturated rings. The molecule has 2 rings (SSSR count). The first-order valence-electron chi connectivity index (χ1n) is 6.11. The second kappa shape index (κ2) is 5.76. The van der Waals surface area contributed by atoms with E-state index in [0.717, 1.165) is 29.9 Å². The number of hydrogen-bond acceptors (Lipinski definition) is 2. The van der Waals surface area contributed by atoms with Crippen molar-refractivity contribution in [2.75, 3.05) is 19.0 Å². The van der Waals surface area contributed by atoms with Gasteiger partial charge in [0.25, 0.3) is 0 Å². The van der Waals surface area contributed by atoms with Gasteiger partial charge in [0.15, 0.2) is 0 Å². The van der Waals surface area contributed by atoms with E-state index in [1.165, 1.54) is 19.3 Å². The number of benzene rings is 1. The molecule has 0 amide bonds. The molecule has 0 radical (unpaired) electrons. The Morgan fingerprint density at radius 1 is 1.18 bits per heavy atom. The number of methoxy groups -OCH3 is 1. The van der Waals surface area contributed by atoms with Crippen LogP contribution < -0.4 is 9.47 Å². The molecule has 0 bridgehead atoms. The Labute approximate surface area is 111 Å². The third kappa shape index (κ3) is 3.15. The van der Waals surface area contributed by atoms with Crippen molar-refractivity contribution >= 4 is 15.9 Å². The lowest BCUT2D eigenvalue weighted by Gasteiger charge is -2.40. The average Bonchev–Trinajstić information content (AvgIpc) is 2.33. The molecule has 3 heteroatoms. The van der Waals surface area contributed by atoms with Crippen LogP contribution in [0.1, 0.15) is 25.7 Å². The standard InChI is InChI=1S/C14H19BrO2/c1-16-12-3-5-13(6-4-12)17-10-9-14(11-15)7-2-8-14/h3-6H,2,7-11H2,1H3. The molecule has 2 nitrogen and oxygen atoms in total. The van der Waals surface area contributed by atoms with Crippen molar-refractivity contribution in [1.82, 2.24) is 0 Å². The molecule has 1 saturated carbocycles. The van der Waals surface area contributed by atoms with Crippen molar-refractivity contribution in [3.63, 3.8) is 0 Å². The van der Waals surface area contributed by atoms with Crippen LogP contribution in [0.2, 0.25) is 0 Å². The summed E-state index contributed by atoms with van der Waals surface area (Å²) in [6.07, 6.45) is 5.19. The van der Waals surface area contributed by atoms with Crippen molar-refractivity contribution in [3.05, 3.63) is 24.3 Å². The van der Waals surface area contributed by atoms with Gasteiger partial charge in [-0.25, -0.2) is 0 Å².